The van der Waals surface area contributed by atoms with Crippen molar-refractivity contribution < 1.29 is 13.9 Å². The first-order valence-electron chi connectivity index (χ1n) is 7.39. The molecule has 1 aromatic heterocycles. The highest BCUT2D eigenvalue weighted by atomic mass is 16.5. The van der Waals surface area contributed by atoms with E-state index in [2.05, 4.69) is 18.3 Å². The second kappa shape index (κ2) is 6.76. The zero-order chi connectivity index (χ0) is 15.4. The monoisotopic (exact) mass is 289 g/mol. The van der Waals surface area contributed by atoms with E-state index in [1.807, 2.05) is 32.0 Å². The number of benzene rings is 1. The third-order valence-electron chi connectivity index (χ3n) is 3.72. The molecule has 0 radical (unpaired) electrons. The zero-order valence-electron chi connectivity index (χ0n) is 13.1. The van der Waals surface area contributed by atoms with Crippen molar-refractivity contribution in [2.24, 2.45) is 5.92 Å². The third-order valence-corrected chi connectivity index (χ3v) is 3.72. The van der Waals surface area contributed by atoms with E-state index < -0.39 is 0 Å². The number of carbonyl (C=O) groups is 1. The van der Waals surface area contributed by atoms with E-state index in [4.69, 9.17) is 9.15 Å². The topological polar surface area (TPSA) is 51.5 Å². The van der Waals surface area contributed by atoms with Crippen LogP contribution >= 0.6 is 0 Å². The van der Waals surface area contributed by atoms with Gasteiger partial charge in [0.05, 0.1) is 7.11 Å². The number of carbonyl (C=O) groups excluding carboxylic acids is 1. The molecule has 0 spiro atoms. The second-order valence-corrected chi connectivity index (χ2v) is 5.48. The molecule has 0 aliphatic carbocycles. The summed E-state index contributed by atoms with van der Waals surface area (Å²) in [5.74, 6) is 0.910. The van der Waals surface area contributed by atoms with Crippen LogP contribution in [0, 0.1) is 5.92 Å². The minimum absolute atomic E-state index is 0.167. The van der Waals surface area contributed by atoms with Crippen molar-refractivity contribution in [2.45, 2.75) is 39.8 Å². The Labute approximate surface area is 125 Å². The van der Waals surface area contributed by atoms with Crippen LogP contribution in [0.1, 0.15) is 32.1 Å². The normalized spacial score (nSPS) is 12.8. The average molecular weight is 289 g/mol. The molecule has 0 saturated heterocycles. The molecule has 1 atom stereocenters. The van der Waals surface area contributed by atoms with Crippen molar-refractivity contribution in [3.8, 4) is 0 Å². The summed E-state index contributed by atoms with van der Waals surface area (Å²) in [5.41, 5.74) is 2.02. The summed E-state index contributed by atoms with van der Waals surface area (Å²) >= 11 is 0. The summed E-state index contributed by atoms with van der Waals surface area (Å²) in [5, 5.41) is 4.41. The summed E-state index contributed by atoms with van der Waals surface area (Å²) in [7, 11) is 1.42. The van der Waals surface area contributed by atoms with Crippen molar-refractivity contribution in [3.05, 3.63) is 35.6 Å². The van der Waals surface area contributed by atoms with Crippen molar-refractivity contribution >= 4 is 16.9 Å². The number of furan rings is 1. The molecule has 1 aromatic carbocycles. The number of ether oxygens (including phenoxy) is 1. The molecule has 0 fully saturated rings. The van der Waals surface area contributed by atoms with Crippen LogP contribution in [0.2, 0.25) is 0 Å². The number of hydrogen-bond acceptors (Lipinski definition) is 4. The number of nitrogens with one attached hydrogen (secondary N) is 1. The fraction of sp³-hybridized carbons (Fsp3) is 0.471. The van der Waals surface area contributed by atoms with E-state index >= 15 is 0 Å². The maximum atomic E-state index is 11.8. The summed E-state index contributed by atoms with van der Waals surface area (Å²) in [6.45, 7) is 6.67. The second-order valence-electron chi connectivity index (χ2n) is 5.48. The van der Waals surface area contributed by atoms with Gasteiger partial charge in [0, 0.05) is 23.9 Å². The molecule has 1 N–H and O–H groups in total. The molecule has 0 aliphatic heterocycles. The lowest BCUT2D eigenvalue weighted by molar-refractivity contribution is -0.144. The number of rotatable bonds is 6. The first-order chi connectivity index (χ1) is 10.1. The number of hydrogen-bond donors (Lipinski definition) is 1. The molecule has 1 unspecified atom stereocenters. The highest BCUT2D eigenvalue weighted by Gasteiger charge is 2.23. The van der Waals surface area contributed by atoms with Gasteiger partial charge in [-0.25, -0.2) is 0 Å². The van der Waals surface area contributed by atoms with Gasteiger partial charge in [0.2, 0.25) is 0 Å². The van der Waals surface area contributed by atoms with E-state index in [1.54, 1.807) is 0 Å². The van der Waals surface area contributed by atoms with Crippen LogP contribution in [-0.2, 0) is 22.5 Å². The first-order valence-corrected chi connectivity index (χ1v) is 7.39. The number of aryl methyl sites for hydroxylation is 1. The van der Waals surface area contributed by atoms with Crippen molar-refractivity contribution in [3.63, 3.8) is 0 Å². The molecule has 0 saturated carbocycles. The highest BCUT2D eigenvalue weighted by molar-refractivity contribution is 5.82. The largest absolute Gasteiger partial charge is 0.468 e. The standard InChI is InChI=1S/C17H23NO3/c1-5-14-13(12-8-6-7-9-15(12)21-14)10-18-16(11(2)3)17(19)20-4/h6-9,11,16,18H,5,10H2,1-4H3. The van der Waals surface area contributed by atoms with Crippen LogP contribution in [0.3, 0.4) is 0 Å². The lowest BCUT2D eigenvalue weighted by atomic mass is 10.0. The summed E-state index contributed by atoms with van der Waals surface area (Å²) in [6, 6.07) is 7.68. The van der Waals surface area contributed by atoms with Crippen molar-refractivity contribution in [2.75, 3.05) is 7.11 Å². The van der Waals surface area contributed by atoms with Crippen LogP contribution < -0.4 is 5.32 Å². The van der Waals surface area contributed by atoms with E-state index in [0.717, 1.165) is 28.7 Å². The van der Waals surface area contributed by atoms with Gasteiger partial charge in [-0.2, -0.15) is 0 Å². The van der Waals surface area contributed by atoms with Crippen LogP contribution in [0.25, 0.3) is 11.0 Å². The predicted octanol–water partition coefficient (Wildman–Crippen LogP) is 3.28. The Bertz CT molecular complexity index is 616. The van der Waals surface area contributed by atoms with Crippen LogP contribution in [0.15, 0.2) is 28.7 Å². The third kappa shape index (κ3) is 3.27. The smallest absolute Gasteiger partial charge is 0.323 e. The van der Waals surface area contributed by atoms with Gasteiger partial charge in [-0.15, -0.1) is 0 Å². The molecule has 4 heteroatoms. The lowest BCUT2D eigenvalue weighted by Gasteiger charge is -2.19. The van der Waals surface area contributed by atoms with E-state index in [1.165, 1.54) is 7.11 Å². The maximum Gasteiger partial charge on any atom is 0.323 e. The molecule has 2 rings (SSSR count). The Morgan fingerprint density at radius 1 is 1.33 bits per heavy atom. The van der Waals surface area contributed by atoms with Gasteiger partial charge in [-0.3, -0.25) is 10.1 Å². The van der Waals surface area contributed by atoms with Gasteiger partial charge in [0.25, 0.3) is 0 Å². The van der Waals surface area contributed by atoms with Gasteiger partial charge >= 0.3 is 5.97 Å². The van der Waals surface area contributed by atoms with E-state index in [0.29, 0.717) is 6.54 Å². The van der Waals surface area contributed by atoms with Gasteiger partial charge in [0.1, 0.15) is 17.4 Å². The van der Waals surface area contributed by atoms with E-state index in [9.17, 15) is 4.79 Å². The Balaban J connectivity index is 2.24. The fourth-order valence-electron chi connectivity index (χ4n) is 2.56. The van der Waals surface area contributed by atoms with Gasteiger partial charge < -0.3 is 9.15 Å². The van der Waals surface area contributed by atoms with Gasteiger partial charge in [-0.1, -0.05) is 39.0 Å². The van der Waals surface area contributed by atoms with Crippen LogP contribution in [0.5, 0.6) is 0 Å². The SMILES string of the molecule is CCc1oc2ccccc2c1CNC(C(=O)OC)C(C)C. The number of methoxy groups -OCH3 is 1. The quantitative estimate of drug-likeness (QED) is 0.829. The molecule has 0 bridgehead atoms. The molecule has 114 valence electrons. The summed E-state index contributed by atoms with van der Waals surface area (Å²) in [6.07, 6.45) is 0.830. The Morgan fingerprint density at radius 2 is 2.05 bits per heavy atom. The van der Waals surface area contributed by atoms with Crippen LogP contribution in [0.4, 0.5) is 0 Å². The Morgan fingerprint density at radius 3 is 2.67 bits per heavy atom. The van der Waals surface area contributed by atoms with E-state index in [-0.39, 0.29) is 17.9 Å². The highest BCUT2D eigenvalue weighted by Crippen LogP contribution is 2.26. The summed E-state index contributed by atoms with van der Waals surface area (Å²) in [4.78, 5) is 11.8. The van der Waals surface area contributed by atoms with Crippen molar-refractivity contribution in [1.82, 2.24) is 5.32 Å². The number of esters is 1. The first kappa shape index (κ1) is 15.6. The maximum absolute atomic E-state index is 11.8. The average Bonchev–Trinajstić information content (AvgIpc) is 2.85. The van der Waals surface area contributed by atoms with Crippen LogP contribution in [-0.4, -0.2) is 19.1 Å². The predicted molar refractivity (Wildman–Crippen MR) is 83.1 cm³/mol. The minimum atomic E-state index is -0.312. The molecular formula is C17H23NO3. The van der Waals surface area contributed by atoms with Gasteiger partial charge in [-0.05, 0) is 12.0 Å². The molecule has 2 aromatic rings. The zero-order valence-corrected chi connectivity index (χ0v) is 13.1. The number of para-hydroxylation sites is 1. The Hall–Kier alpha value is -1.81. The minimum Gasteiger partial charge on any atom is -0.468 e. The molecule has 21 heavy (non-hydrogen) atoms. The molecule has 0 amide bonds. The van der Waals surface area contributed by atoms with Gasteiger partial charge in [0.15, 0.2) is 0 Å². The molecular weight excluding hydrogens is 266 g/mol. The summed E-state index contributed by atoms with van der Waals surface area (Å²) < 4.78 is 10.7. The Kier molecular flexibility index (Phi) is 5.02. The molecule has 0 aliphatic rings. The molecule has 1 heterocycles. The lowest BCUT2D eigenvalue weighted by Crippen LogP contribution is -2.41. The van der Waals surface area contributed by atoms with Crippen molar-refractivity contribution in [1.29, 1.82) is 0 Å². The number of fused-ring (bicyclic) bond motifs is 1. The fourth-order valence-corrected chi connectivity index (χ4v) is 2.56. The molecule has 4 nitrogen and oxygen atoms in total.